The molecule has 4 aliphatic rings. The lowest BCUT2D eigenvalue weighted by Crippen LogP contribution is -2.72. The number of fused-ring (bicyclic) bond motifs is 2. The summed E-state index contributed by atoms with van der Waals surface area (Å²) >= 11 is 0. The molecule has 0 radical (unpaired) electrons. The maximum absolute atomic E-state index is 14.2. The van der Waals surface area contributed by atoms with Crippen molar-refractivity contribution in [2.24, 2.45) is 10.8 Å². The van der Waals surface area contributed by atoms with Crippen molar-refractivity contribution < 1.29 is 43.0 Å². The first kappa shape index (κ1) is 26.2. The smallest absolute Gasteiger partial charge is 0.332 e. The Morgan fingerprint density at radius 3 is 1.97 bits per heavy atom. The molecule has 1 aromatic rings. The van der Waals surface area contributed by atoms with Gasteiger partial charge in [0.2, 0.25) is 36.2 Å². The second-order valence-electron chi connectivity index (χ2n) is 10.1. The minimum absolute atomic E-state index is 0.0955. The molecule has 0 aromatic heterocycles. The fourth-order valence-electron chi connectivity index (χ4n) is 6.60. The molecule has 13 nitrogen and oxygen atoms in total. The molecule has 1 atom stereocenters. The first-order valence-corrected chi connectivity index (χ1v) is 12.2. The molecule has 39 heavy (non-hydrogen) atoms. The monoisotopic (exact) mass is 540 g/mol. The van der Waals surface area contributed by atoms with Crippen molar-refractivity contribution in [2.75, 3.05) is 42.1 Å². The van der Waals surface area contributed by atoms with E-state index < -0.39 is 52.4 Å². The number of carbonyl (C=O) groups excluding carboxylic acids is 6. The van der Waals surface area contributed by atoms with E-state index in [0.29, 0.717) is 11.3 Å². The van der Waals surface area contributed by atoms with E-state index in [1.54, 1.807) is 6.07 Å². The Morgan fingerprint density at radius 1 is 0.923 bits per heavy atom. The summed E-state index contributed by atoms with van der Waals surface area (Å²) < 4.78 is 17.0. The van der Waals surface area contributed by atoms with Crippen LogP contribution in [-0.2, 0) is 25.6 Å². The number of amides is 8. The summed E-state index contributed by atoms with van der Waals surface area (Å²) in [5.41, 5.74) is -3.46. The van der Waals surface area contributed by atoms with E-state index in [4.69, 9.17) is 14.2 Å². The molecule has 0 bridgehead atoms. The Labute approximate surface area is 223 Å². The van der Waals surface area contributed by atoms with Crippen LogP contribution in [0.3, 0.4) is 0 Å². The largest absolute Gasteiger partial charge is 0.492 e. The molecule has 8 amide bonds. The van der Waals surface area contributed by atoms with Crippen molar-refractivity contribution in [1.82, 2.24) is 19.6 Å². The number of allylic oxidation sites excluding steroid dienone is 1. The van der Waals surface area contributed by atoms with Gasteiger partial charge in [-0.3, -0.25) is 38.8 Å². The predicted molar refractivity (Wildman–Crippen MR) is 132 cm³/mol. The number of benzene rings is 1. The molecule has 0 N–H and O–H groups in total. The third kappa shape index (κ3) is 3.00. The maximum atomic E-state index is 14.2. The number of ether oxygens (including phenoxy) is 3. The summed E-state index contributed by atoms with van der Waals surface area (Å²) in [6, 6.07) is -0.0339. The molecule has 206 valence electrons. The number of imide groups is 4. The van der Waals surface area contributed by atoms with Crippen molar-refractivity contribution in [1.29, 1.82) is 0 Å². The number of hydrogen-bond acceptors (Lipinski definition) is 9. The molecule has 3 aliphatic heterocycles. The van der Waals surface area contributed by atoms with Gasteiger partial charge in [0.05, 0.1) is 7.11 Å². The molecule has 1 spiro atoms. The molecule has 0 saturated carbocycles. The number of methoxy groups -OCH3 is 1. The Balaban J connectivity index is 1.94. The van der Waals surface area contributed by atoms with E-state index >= 15 is 0 Å². The van der Waals surface area contributed by atoms with Crippen LogP contribution in [0.1, 0.15) is 29.9 Å². The molecular weight excluding hydrogens is 512 g/mol. The van der Waals surface area contributed by atoms with E-state index in [1.807, 2.05) is 0 Å². The zero-order valence-electron chi connectivity index (χ0n) is 22.2. The Hall–Kier alpha value is -4.42. The van der Waals surface area contributed by atoms with Crippen LogP contribution in [0, 0.1) is 10.8 Å². The minimum atomic E-state index is -2.18. The van der Waals surface area contributed by atoms with E-state index in [2.05, 4.69) is 6.58 Å². The van der Waals surface area contributed by atoms with Gasteiger partial charge >= 0.3 is 12.1 Å². The van der Waals surface area contributed by atoms with Gasteiger partial charge in [0, 0.05) is 39.7 Å². The summed E-state index contributed by atoms with van der Waals surface area (Å²) in [5.74, 6) is -4.39. The van der Waals surface area contributed by atoms with Crippen LogP contribution in [0.25, 0.3) is 0 Å². The zero-order valence-corrected chi connectivity index (χ0v) is 22.2. The van der Waals surface area contributed by atoms with Crippen LogP contribution in [0.15, 0.2) is 18.7 Å². The average molecular weight is 541 g/mol. The van der Waals surface area contributed by atoms with Crippen molar-refractivity contribution >= 4 is 35.7 Å². The van der Waals surface area contributed by atoms with Gasteiger partial charge in [-0.05, 0) is 30.9 Å². The molecule has 3 heterocycles. The Kier molecular flexibility index (Phi) is 5.74. The lowest BCUT2D eigenvalue weighted by Gasteiger charge is -2.55. The van der Waals surface area contributed by atoms with Gasteiger partial charge in [-0.25, -0.2) is 9.59 Å². The molecular formula is C26H28N4O9. The van der Waals surface area contributed by atoms with E-state index in [9.17, 15) is 28.8 Å². The predicted octanol–water partition coefficient (Wildman–Crippen LogP) is 1.10. The number of rotatable bonds is 4. The minimum Gasteiger partial charge on any atom is -0.492 e. The summed E-state index contributed by atoms with van der Waals surface area (Å²) in [7, 11) is 6.29. The van der Waals surface area contributed by atoms with Gasteiger partial charge in [-0.15, -0.1) is 6.58 Å². The van der Waals surface area contributed by atoms with Crippen molar-refractivity contribution in [3.8, 4) is 17.2 Å². The maximum Gasteiger partial charge on any atom is 0.332 e. The number of hydrogen-bond donors (Lipinski definition) is 0. The van der Waals surface area contributed by atoms with Crippen LogP contribution >= 0.6 is 0 Å². The van der Waals surface area contributed by atoms with Gasteiger partial charge in [0.25, 0.3) is 0 Å². The third-order valence-corrected chi connectivity index (χ3v) is 8.37. The van der Waals surface area contributed by atoms with E-state index in [1.165, 1.54) is 41.4 Å². The highest BCUT2D eigenvalue weighted by Gasteiger charge is 2.72. The van der Waals surface area contributed by atoms with E-state index in [0.717, 1.165) is 19.6 Å². The van der Waals surface area contributed by atoms with Crippen molar-refractivity contribution in [3.63, 3.8) is 0 Å². The molecule has 5 rings (SSSR count). The highest BCUT2D eigenvalue weighted by atomic mass is 16.7. The molecule has 1 aromatic carbocycles. The highest BCUT2D eigenvalue weighted by molar-refractivity contribution is 6.24. The van der Waals surface area contributed by atoms with E-state index in [-0.39, 0.29) is 43.1 Å². The third-order valence-electron chi connectivity index (χ3n) is 8.37. The van der Waals surface area contributed by atoms with Crippen LogP contribution < -0.4 is 14.2 Å². The SMILES string of the molecule is C=CCC1(C2c3c(cc4c(c3OC)OCO4)CCC23C(=O)N(C)C(=O)N(C)C3=O)C(=O)N(C)C(=O)N(C)C1=O. The molecule has 1 aliphatic carbocycles. The van der Waals surface area contributed by atoms with Crippen LogP contribution in [0.5, 0.6) is 17.2 Å². The highest BCUT2D eigenvalue weighted by Crippen LogP contribution is 2.64. The zero-order chi connectivity index (χ0) is 28.6. The standard InChI is InChI=1S/C26H28N4O9/c1-7-9-25(19(31)27(2)23(35)28(3)20(25)32)18-15-13(11-14-16(17(15)37-6)39-12-38-14)8-10-26(18)21(33)29(4)24(36)30(5)22(26)34/h7,11,18H,1,8-10,12H2,2-6H3. The van der Waals surface area contributed by atoms with Gasteiger partial charge in [-0.2, -0.15) is 0 Å². The van der Waals surface area contributed by atoms with Gasteiger partial charge < -0.3 is 14.2 Å². The number of urea groups is 2. The average Bonchev–Trinajstić information content (AvgIpc) is 3.41. The fourth-order valence-corrected chi connectivity index (χ4v) is 6.60. The van der Waals surface area contributed by atoms with Crippen molar-refractivity contribution in [2.45, 2.75) is 25.2 Å². The van der Waals surface area contributed by atoms with Crippen LogP contribution in [0.4, 0.5) is 9.59 Å². The first-order chi connectivity index (χ1) is 18.4. The van der Waals surface area contributed by atoms with Crippen molar-refractivity contribution in [3.05, 3.63) is 29.8 Å². The molecule has 2 saturated heterocycles. The second kappa shape index (κ2) is 8.55. The molecule has 13 heteroatoms. The van der Waals surface area contributed by atoms with Crippen LogP contribution in [-0.4, -0.2) is 97.4 Å². The summed E-state index contributed by atoms with van der Waals surface area (Å²) in [6.07, 6.45) is 1.04. The lowest BCUT2D eigenvalue weighted by atomic mass is 9.50. The molecule has 1 unspecified atom stereocenters. The van der Waals surface area contributed by atoms with Gasteiger partial charge in [0.15, 0.2) is 11.5 Å². The first-order valence-electron chi connectivity index (χ1n) is 12.2. The fraction of sp³-hybridized carbons (Fsp3) is 0.462. The summed E-state index contributed by atoms with van der Waals surface area (Å²) in [5, 5.41) is 0. The number of barbiturate groups is 2. The number of aryl methyl sites for hydroxylation is 1. The van der Waals surface area contributed by atoms with Crippen LogP contribution in [0.2, 0.25) is 0 Å². The molecule has 2 fully saturated rings. The normalized spacial score (nSPS) is 23.6. The second-order valence-corrected chi connectivity index (χ2v) is 10.1. The number of carbonyl (C=O) groups is 6. The topological polar surface area (TPSA) is 143 Å². The summed E-state index contributed by atoms with van der Waals surface area (Å²) in [4.78, 5) is 85.6. The quantitative estimate of drug-likeness (QED) is 0.405. The number of nitrogens with zero attached hydrogens (tertiary/aromatic N) is 4. The Bertz CT molecular complexity index is 1340. The Morgan fingerprint density at radius 2 is 1.46 bits per heavy atom. The van der Waals surface area contributed by atoms with Gasteiger partial charge in [0.1, 0.15) is 10.8 Å². The lowest BCUT2D eigenvalue weighted by molar-refractivity contribution is -0.171. The van der Waals surface area contributed by atoms with Gasteiger partial charge in [-0.1, -0.05) is 6.08 Å². The summed E-state index contributed by atoms with van der Waals surface area (Å²) in [6.45, 7) is 3.64.